The second-order valence-electron chi connectivity index (χ2n) is 3.76. The molecule has 0 N–H and O–H groups in total. The minimum atomic E-state index is -0.0418. The van der Waals surface area contributed by atoms with E-state index in [1.807, 2.05) is 0 Å². The Bertz CT molecular complexity index is 248. The summed E-state index contributed by atoms with van der Waals surface area (Å²) in [5.41, 5.74) is 0. The van der Waals surface area contributed by atoms with Crippen LogP contribution in [-0.2, 0) is 14.4 Å². The van der Waals surface area contributed by atoms with Gasteiger partial charge >= 0.3 is 0 Å². The molecule has 0 saturated carbocycles. The van der Waals surface area contributed by atoms with Crippen molar-refractivity contribution in [3.8, 4) is 0 Å². The number of Topliss-reactive ketones (excluding diaryl/α,β-unsaturated/α-hetero) is 2. The number of carbonyl (C=O) groups excluding carboxylic acids is 3. The first kappa shape index (κ1) is 13.8. The fraction of sp³-hybridized carbons (Fsp3) is 0.727. The van der Waals surface area contributed by atoms with Gasteiger partial charge < -0.3 is 9.69 Å². The molecule has 1 amide bonds. The van der Waals surface area contributed by atoms with Crippen LogP contribution >= 0.6 is 0 Å². The van der Waals surface area contributed by atoms with Crippen molar-refractivity contribution in [2.75, 3.05) is 13.1 Å². The highest BCUT2D eigenvalue weighted by Crippen LogP contribution is 1.99. The second kappa shape index (κ2) is 7.15. The van der Waals surface area contributed by atoms with Gasteiger partial charge in [0.2, 0.25) is 5.91 Å². The van der Waals surface area contributed by atoms with Crippen molar-refractivity contribution in [3.63, 3.8) is 0 Å². The summed E-state index contributed by atoms with van der Waals surface area (Å²) in [6.07, 6.45) is 1.55. The Morgan fingerprint density at radius 1 is 0.867 bits per heavy atom. The Morgan fingerprint density at radius 3 is 1.80 bits per heavy atom. The number of carbonyl (C=O) groups is 3. The molecule has 0 spiro atoms. The summed E-state index contributed by atoms with van der Waals surface area (Å²) in [6.45, 7) is 5.54. The molecule has 0 aliphatic carbocycles. The molecule has 0 saturated heterocycles. The van der Waals surface area contributed by atoms with Crippen molar-refractivity contribution < 1.29 is 14.4 Å². The monoisotopic (exact) mass is 213 g/mol. The number of amides is 1. The van der Waals surface area contributed by atoms with E-state index in [-0.39, 0.29) is 17.5 Å². The van der Waals surface area contributed by atoms with Gasteiger partial charge in [-0.25, -0.2) is 0 Å². The van der Waals surface area contributed by atoms with Crippen LogP contribution in [-0.4, -0.2) is 35.5 Å². The van der Waals surface area contributed by atoms with Gasteiger partial charge in [-0.2, -0.15) is 0 Å². The van der Waals surface area contributed by atoms with E-state index in [2.05, 4.69) is 0 Å². The molecule has 0 heterocycles. The zero-order chi connectivity index (χ0) is 11.8. The normalized spacial score (nSPS) is 9.80. The Hall–Kier alpha value is -1.19. The molecule has 15 heavy (non-hydrogen) atoms. The molecular formula is C11H19NO3. The number of hydrogen-bond donors (Lipinski definition) is 0. The van der Waals surface area contributed by atoms with Crippen LogP contribution in [0.1, 0.15) is 40.0 Å². The smallest absolute Gasteiger partial charge is 0.219 e. The second-order valence-corrected chi connectivity index (χ2v) is 3.76. The van der Waals surface area contributed by atoms with Crippen LogP contribution in [0.4, 0.5) is 0 Å². The van der Waals surface area contributed by atoms with Gasteiger partial charge in [0, 0.05) is 32.9 Å². The third-order valence-corrected chi connectivity index (χ3v) is 2.14. The van der Waals surface area contributed by atoms with E-state index in [1.54, 1.807) is 4.90 Å². The molecule has 0 rings (SSSR count). The first-order chi connectivity index (χ1) is 6.93. The van der Waals surface area contributed by atoms with Gasteiger partial charge in [-0.15, -0.1) is 0 Å². The molecule has 0 aliphatic rings. The van der Waals surface area contributed by atoms with E-state index < -0.39 is 0 Å². The van der Waals surface area contributed by atoms with E-state index in [0.29, 0.717) is 32.4 Å². The summed E-state index contributed by atoms with van der Waals surface area (Å²) in [7, 11) is 0. The van der Waals surface area contributed by atoms with E-state index >= 15 is 0 Å². The van der Waals surface area contributed by atoms with Gasteiger partial charge in [0.05, 0.1) is 0 Å². The highest BCUT2D eigenvalue weighted by molar-refractivity contribution is 5.78. The average Bonchev–Trinajstić information content (AvgIpc) is 2.09. The third-order valence-electron chi connectivity index (χ3n) is 2.14. The highest BCUT2D eigenvalue weighted by atomic mass is 16.2. The van der Waals surface area contributed by atoms with Crippen molar-refractivity contribution in [2.45, 2.75) is 40.0 Å². The summed E-state index contributed by atoms with van der Waals surface area (Å²) in [4.78, 5) is 34.2. The molecule has 0 unspecified atom stereocenters. The van der Waals surface area contributed by atoms with Crippen LogP contribution in [0.25, 0.3) is 0 Å². The lowest BCUT2D eigenvalue weighted by Crippen LogP contribution is -2.31. The van der Waals surface area contributed by atoms with Crippen LogP contribution in [0.3, 0.4) is 0 Å². The molecule has 0 aliphatic heterocycles. The minimum absolute atomic E-state index is 0.0418. The fourth-order valence-electron chi connectivity index (χ4n) is 1.24. The van der Waals surface area contributed by atoms with E-state index in [4.69, 9.17) is 0 Å². The van der Waals surface area contributed by atoms with Crippen molar-refractivity contribution >= 4 is 17.5 Å². The van der Waals surface area contributed by atoms with Crippen LogP contribution < -0.4 is 0 Å². The number of hydrogen-bond acceptors (Lipinski definition) is 3. The van der Waals surface area contributed by atoms with Crippen molar-refractivity contribution in [2.24, 2.45) is 0 Å². The fourth-order valence-corrected chi connectivity index (χ4v) is 1.24. The number of nitrogens with zero attached hydrogens (tertiary/aromatic N) is 1. The molecule has 4 nitrogen and oxygen atoms in total. The molecule has 86 valence electrons. The SMILES string of the molecule is CC(=O)CCCN(CCC(C)=O)C(C)=O. The summed E-state index contributed by atoms with van der Waals surface area (Å²) >= 11 is 0. The molecule has 0 bridgehead atoms. The van der Waals surface area contributed by atoms with Gasteiger partial charge in [-0.1, -0.05) is 0 Å². The Labute approximate surface area is 90.6 Å². The van der Waals surface area contributed by atoms with Crippen LogP contribution in [0.15, 0.2) is 0 Å². The number of ketones is 2. The molecule has 0 atom stereocenters. The number of rotatable bonds is 7. The Kier molecular flexibility index (Phi) is 6.58. The maximum Gasteiger partial charge on any atom is 0.219 e. The molecular weight excluding hydrogens is 194 g/mol. The minimum Gasteiger partial charge on any atom is -0.342 e. The average molecular weight is 213 g/mol. The van der Waals surface area contributed by atoms with E-state index in [1.165, 1.54) is 20.8 Å². The third kappa shape index (κ3) is 7.85. The lowest BCUT2D eigenvalue weighted by Gasteiger charge is -2.19. The zero-order valence-corrected chi connectivity index (χ0v) is 9.71. The van der Waals surface area contributed by atoms with Gasteiger partial charge in [0.1, 0.15) is 11.6 Å². The van der Waals surface area contributed by atoms with Crippen molar-refractivity contribution in [3.05, 3.63) is 0 Å². The maximum absolute atomic E-state index is 11.2. The highest BCUT2D eigenvalue weighted by Gasteiger charge is 2.09. The van der Waals surface area contributed by atoms with Gasteiger partial charge in [0.15, 0.2) is 0 Å². The zero-order valence-electron chi connectivity index (χ0n) is 9.71. The molecule has 0 aromatic rings. The van der Waals surface area contributed by atoms with Crippen LogP contribution in [0.5, 0.6) is 0 Å². The topological polar surface area (TPSA) is 54.5 Å². The lowest BCUT2D eigenvalue weighted by atomic mass is 10.2. The van der Waals surface area contributed by atoms with Crippen LogP contribution in [0.2, 0.25) is 0 Å². The van der Waals surface area contributed by atoms with Gasteiger partial charge in [-0.3, -0.25) is 9.59 Å². The standard InChI is InChI=1S/C11H19NO3/c1-9(13)5-4-7-12(11(3)15)8-6-10(2)14/h4-8H2,1-3H3. The van der Waals surface area contributed by atoms with E-state index in [0.717, 1.165) is 0 Å². The van der Waals surface area contributed by atoms with E-state index in [9.17, 15) is 14.4 Å². The summed E-state index contributed by atoms with van der Waals surface area (Å²) < 4.78 is 0. The molecule has 0 aromatic heterocycles. The summed E-state index contributed by atoms with van der Waals surface area (Å²) in [5, 5.41) is 0. The molecule has 0 aromatic carbocycles. The predicted octanol–water partition coefficient (Wildman–Crippen LogP) is 1.18. The van der Waals surface area contributed by atoms with Crippen molar-refractivity contribution in [1.82, 2.24) is 4.90 Å². The van der Waals surface area contributed by atoms with Gasteiger partial charge in [0.25, 0.3) is 0 Å². The first-order valence-electron chi connectivity index (χ1n) is 5.18. The maximum atomic E-state index is 11.2. The quantitative estimate of drug-likeness (QED) is 0.638. The lowest BCUT2D eigenvalue weighted by molar-refractivity contribution is -0.130. The first-order valence-corrected chi connectivity index (χ1v) is 5.18. The summed E-state index contributed by atoms with van der Waals surface area (Å²) in [6, 6.07) is 0. The largest absolute Gasteiger partial charge is 0.342 e. The Balaban J connectivity index is 3.88. The molecule has 0 radical (unpaired) electrons. The summed E-state index contributed by atoms with van der Waals surface area (Å²) in [5.74, 6) is 0.165. The van der Waals surface area contributed by atoms with Crippen molar-refractivity contribution in [1.29, 1.82) is 0 Å². The molecule has 4 heteroatoms. The van der Waals surface area contributed by atoms with Gasteiger partial charge in [-0.05, 0) is 20.3 Å². The predicted molar refractivity (Wildman–Crippen MR) is 57.5 cm³/mol. The van der Waals surface area contributed by atoms with Crippen LogP contribution in [0, 0.1) is 0 Å². The Morgan fingerprint density at radius 2 is 1.40 bits per heavy atom. The molecule has 0 fully saturated rings.